The van der Waals surface area contributed by atoms with Crippen LogP contribution in [0.4, 0.5) is 0 Å². The maximum Gasteiger partial charge on any atom is 0.250 e. The minimum atomic E-state index is 0.104. The fourth-order valence-corrected chi connectivity index (χ4v) is 2.99. The molecule has 2 N–H and O–H groups in total. The molecule has 0 spiro atoms. The number of pyridine rings is 1. The largest absolute Gasteiger partial charge is 0.330 e. The second-order valence-electron chi connectivity index (χ2n) is 5.10. The predicted molar refractivity (Wildman–Crippen MR) is 69.9 cm³/mol. The Bertz CT molecular complexity index is 413. The van der Waals surface area contributed by atoms with Gasteiger partial charge in [-0.05, 0) is 43.7 Å². The van der Waals surface area contributed by atoms with Gasteiger partial charge in [0, 0.05) is 18.3 Å². The van der Waals surface area contributed by atoms with Crippen molar-refractivity contribution in [1.82, 2.24) is 4.57 Å². The first-order valence-electron chi connectivity index (χ1n) is 6.63. The SMILES string of the molecule is CCC1CCC(CN)C(n2ccccc2=O)C1. The van der Waals surface area contributed by atoms with Crippen molar-refractivity contribution < 1.29 is 0 Å². The van der Waals surface area contributed by atoms with Crippen LogP contribution in [0.3, 0.4) is 0 Å². The summed E-state index contributed by atoms with van der Waals surface area (Å²) < 4.78 is 1.89. The van der Waals surface area contributed by atoms with Gasteiger partial charge in [-0.1, -0.05) is 19.4 Å². The van der Waals surface area contributed by atoms with E-state index in [2.05, 4.69) is 6.92 Å². The van der Waals surface area contributed by atoms with Crippen molar-refractivity contribution in [3.05, 3.63) is 34.7 Å². The average Bonchev–Trinajstić information content (AvgIpc) is 2.38. The number of rotatable bonds is 3. The maximum atomic E-state index is 11.9. The summed E-state index contributed by atoms with van der Waals surface area (Å²) in [4.78, 5) is 11.9. The third-order valence-electron chi connectivity index (χ3n) is 4.15. The van der Waals surface area contributed by atoms with E-state index in [0.717, 1.165) is 18.8 Å². The molecule has 1 saturated carbocycles. The molecule has 3 unspecified atom stereocenters. The van der Waals surface area contributed by atoms with Gasteiger partial charge in [0.15, 0.2) is 0 Å². The fraction of sp³-hybridized carbons (Fsp3) is 0.643. The molecule has 3 nitrogen and oxygen atoms in total. The van der Waals surface area contributed by atoms with E-state index in [4.69, 9.17) is 5.73 Å². The first-order valence-corrected chi connectivity index (χ1v) is 6.63. The third kappa shape index (κ3) is 2.60. The molecule has 0 bridgehead atoms. The summed E-state index contributed by atoms with van der Waals surface area (Å²) in [5.41, 5.74) is 5.96. The van der Waals surface area contributed by atoms with Crippen LogP contribution in [0.25, 0.3) is 0 Å². The lowest BCUT2D eigenvalue weighted by Crippen LogP contribution is -2.36. The lowest BCUT2D eigenvalue weighted by Gasteiger charge is -2.36. The normalized spacial score (nSPS) is 29.2. The van der Waals surface area contributed by atoms with Gasteiger partial charge in [0.1, 0.15) is 0 Å². The van der Waals surface area contributed by atoms with Crippen molar-refractivity contribution >= 4 is 0 Å². The van der Waals surface area contributed by atoms with E-state index < -0.39 is 0 Å². The Morgan fingerprint density at radius 1 is 1.41 bits per heavy atom. The summed E-state index contributed by atoms with van der Waals surface area (Å²) in [6.07, 6.45) is 6.63. The van der Waals surface area contributed by atoms with E-state index in [0.29, 0.717) is 18.5 Å². The van der Waals surface area contributed by atoms with Gasteiger partial charge < -0.3 is 10.3 Å². The van der Waals surface area contributed by atoms with Crippen LogP contribution in [-0.2, 0) is 0 Å². The Morgan fingerprint density at radius 3 is 2.88 bits per heavy atom. The van der Waals surface area contributed by atoms with Crippen molar-refractivity contribution in [2.24, 2.45) is 17.6 Å². The van der Waals surface area contributed by atoms with Crippen LogP contribution in [0.5, 0.6) is 0 Å². The lowest BCUT2D eigenvalue weighted by molar-refractivity contribution is 0.181. The van der Waals surface area contributed by atoms with E-state index in [-0.39, 0.29) is 5.56 Å². The summed E-state index contributed by atoms with van der Waals surface area (Å²) in [5.74, 6) is 1.20. The van der Waals surface area contributed by atoms with Gasteiger partial charge in [-0.3, -0.25) is 4.79 Å². The topological polar surface area (TPSA) is 48.0 Å². The fourth-order valence-electron chi connectivity index (χ4n) is 2.99. The molecule has 17 heavy (non-hydrogen) atoms. The summed E-state index contributed by atoms with van der Waals surface area (Å²) >= 11 is 0. The zero-order chi connectivity index (χ0) is 12.3. The van der Waals surface area contributed by atoms with Crippen LogP contribution >= 0.6 is 0 Å². The van der Waals surface area contributed by atoms with E-state index in [1.54, 1.807) is 12.1 Å². The van der Waals surface area contributed by atoms with Crippen molar-refractivity contribution in [3.63, 3.8) is 0 Å². The molecule has 1 aliphatic carbocycles. The Kier molecular flexibility index (Phi) is 4.00. The van der Waals surface area contributed by atoms with Crippen molar-refractivity contribution in [2.45, 2.75) is 38.6 Å². The smallest absolute Gasteiger partial charge is 0.250 e. The quantitative estimate of drug-likeness (QED) is 0.871. The summed E-state index contributed by atoms with van der Waals surface area (Å²) in [6, 6.07) is 5.68. The Labute approximate surface area is 103 Å². The summed E-state index contributed by atoms with van der Waals surface area (Å²) in [7, 11) is 0. The number of hydrogen-bond acceptors (Lipinski definition) is 2. The Morgan fingerprint density at radius 2 is 2.24 bits per heavy atom. The standard InChI is InChI=1S/C14H22N2O/c1-2-11-6-7-12(10-15)13(9-11)16-8-4-3-5-14(16)17/h3-5,8,11-13H,2,6-7,9-10,15H2,1H3. The molecule has 0 aromatic carbocycles. The van der Waals surface area contributed by atoms with Gasteiger partial charge in [-0.25, -0.2) is 0 Å². The molecule has 3 heteroatoms. The number of hydrogen-bond donors (Lipinski definition) is 1. The average molecular weight is 234 g/mol. The highest BCUT2D eigenvalue weighted by Crippen LogP contribution is 2.37. The molecule has 1 aromatic rings. The highest BCUT2D eigenvalue weighted by atomic mass is 16.1. The Hall–Kier alpha value is -1.09. The molecular weight excluding hydrogens is 212 g/mol. The minimum absolute atomic E-state index is 0.104. The molecule has 2 rings (SSSR count). The van der Waals surface area contributed by atoms with Gasteiger partial charge in [0.2, 0.25) is 0 Å². The van der Waals surface area contributed by atoms with Gasteiger partial charge >= 0.3 is 0 Å². The molecule has 1 fully saturated rings. The van der Waals surface area contributed by atoms with E-state index in [1.165, 1.54) is 12.8 Å². The molecule has 1 aromatic heterocycles. The van der Waals surface area contributed by atoms with E-state index >= 15 is 0 Å². The number of aromatic nitrogens is 1. The first kappa shape index (κ1) is 12.4. The molecule has 0 radical (unpaired) electrons. The first-order chi connectivity index (χ1) is 8.26. The highest BCUT2D eigenvalue weighted by Gasteiger charge is 2.30. The van der Waals surface area contributed by atoms with Crippen molar-refractivity contribution in [1.29, 1.82) is 0 Å². The van der Waals surface area contributed by atoms with Crippen LogP contribution in [0, 0.1) is 11.8 Å². The molecule has 94 valence electrons. The lowest BCUT2D eigenvalue weighted by atomic mass is 9.77. The number of nitrogens with zero attached hydrogens (tertiary/aromatic N) is 1. The van der Waals surface area contributed by atoms with Crippen LogP contribution < -0.4 is 11.3 Å². The van der Waals surface area contributed by atoms with Gasteiger partial charge in [-0.15, -0.1) is 0 Å². The molecule has 0 saturated heterocycles. The van der Waals surface area contributed by atoms with Crippen LogP contribution in [0.2, 0.25) is 0 Å². The van der Waals surface area contributed by atoms with Crippen LogP contribution in [0.15, 0.2) is 29.2 Å². The molecule has 1 aliphatic rings. The minimum Gasteiger partial charge on any atom is -0.330 e. The molecular formula is C14H22N2O. The number of nitrogens with two attached hydrogens (primary N) is 1. The maximum absolute atomic E-state index is 11.9. The van der Waals surface area contributed by atoms with Gasteiger partial charge in [0.25, 0.3) is 5.56 Å². The third-order valence-corrected chi connectivity index (χ3v) is 4.15. The predicted octanol–water partition coefficient (Wildman–Crippen LogP) is 2.17. The second kappa shape index (κ2) is 5.50. The van der Waals surface area contributed by atoms with Crippen molar-refractivity contribution in [3.8, 4) is 0 Å². The van der Waals surface area contributed by atoms with Gasteiger partial charge in [-0.2, -0.15) is 0 Å². The zero-order valence-electron chi connectivity index (χ0n) is 10.5. The molecule has 3 atom stereocenters. The second-order valence-corrected chi connectivity index (χ2v) is 5.10. The molecule has 0 aliphatic heterocycles. The van der Waals surface area contributed by atoms with Crippen molar-refractivity contribution in [2.75, 3.05) is 6.54 Å². The molecule has 0 amide bonds. The highest BCUT2D eigenvalue weighted by molar-refractivity contribution is 4.97. The Balaban J connectivity index is 2.26. The monoisotopic (exact) mass is 234 g/mol. The van der Waals surface area contributed by atoms with E-state index in [1.807, 2.05) is 16.8 Å². The summed E-state index contributed by atoms with van der Waals surface area (Å²) in [5, 5.41) is 0. The van der Waals surface area contributed by atoms with Crippen LogP contribution in [-0.4, -0.2) is 11.1 Å². The van der Waals surface area contributed by atoms with E-state index in [9.17, 15) is 4.79 Å². The van der Waals surface area contributed by atoms with Crippen LogP contribution in [0.1, 0.15) is 38.6 Å². The summed E-state index contributed by atoms with van der Waals surface area (Å²) in [6.45, 7) is 2.92. The molecule has 1 heterocycles. The zero-order valence-corrected chi connectivity index (χ0v) is 10.5. The van der Waals surface area contributed by atoms with Gasteiger partial charge in [0.05, 0.1) is 0 Å².